The van der Waals surface area contributed by atoms with E-state index in [1.54, 1.807) is 5.56 Å². The molecular weight excluding hydrogens is 204 g/mol. The molecule has 1 aliphatic carbocycles. The zero-order valence-electron chi connectivity index (χ0n) is 10.6. The molecule has 3 rings (SSSR count). The number of hydrogen-bond donors (Lipinski definition) is 0. The van der Waals surface area contributed by atoms with Gasteiger partial charge in [0, 0.05) is 0 Å². The molecule has 0 atom stereocenters. The summed E-state index contributed by atoms with van der Waals surface area (Å²) in [5, 5.41) is 2.78. The number of hydrogen-bond acceptors (Lipinski definition) is 0. The minimum absolute atomic E-state index is 0.814. The highest BCUT2D eigenvalue weighted by Crippen LogP contribution is 2.33. The molecule has 0 aliphatic heterocycles. The van der Waals surface area contributed by atoms with Crippen LogP contribution in [0, 0.1) is 6.92 Å². The molecule has 0 heterocycles. The maximum Gasteiger partial charge on any atom is -0.0162 e. The third kappa shape index (κ3) is 2.22. The average Bonchev–Trinajstić information content (AvgIpc) is 2.39. The lowest BCUT2D eigenvalue weighted by Crippen LogP contribution is -2.04. The van der Waals surface area contributed by atoms with Gasteiger partial charge >= 0.3 is 0 Å². The first kappa shape index (κ1) is 10.8. The minimum Gasteiger partial charge on any atom is -0.0587 e. The van der Waals surface area contributed by atoms with Crippen LogP contribution in [0.3, 0.4) is 0 Å². The fraction of sp³-hybridized carbons (Fsp3) is 0.412. The standard InChI is InChI=1S/C17H20/c1-13-7-8-17-12-16(10-9-15(17)11-13)14-5-3-2-4-6-14/h7-12,14H,2-6H2,1H3. The molecule has 2 aromatic carbocycles. The summed E-state index contributed by atoms with van der Waals surface area (Å²) in [7, 11) is 0. The van der Waals surface area contributed by atoms with Crippen LogP contribution < -0.4 is 0 Å². The van der Waals surface area contributed by atoms with E-state index in [0.717, 1.165) is 5.92 Å². The predicted octanol–water partition coefficient (Wildman–Crippen LogP) is 5.20. The largest absolute Gasteiger partial charge is 0.0587 e. The van der Waals surface area contributed by atoms with E-state index in [0.29, 0.717) is 0 Å². The normalized spacial score (nSPS) is 17.5. The minimum atomic E-state index is 0.814. The molecule has 0 spiro atoms. The van der Waals surface area contributed by atoms with E-state index >= 15 is 0 Å². The summed E-state index contributed by atoms with van der Waals surface area (Å²) in [5.74, 6) is 0.814. The summed E-state index contributed by atoms with van der Waals surface area (Å²) in [6.07, 6.45) is 7.03. The Morgan fingerprint density at radius 1 is 0.824 bits per heavy atom. The summed E-state index contributed by atoms with van der Waals surface area (Å²) in [5.41, 5.74) is 2.91. The van der Waals surface area contributed by atoms with Crippen molar-refractivity contribution in [1.82, 2.24) is 0 Å². The van der Waals surface area contributed by atoms with Crippen LogP contribution in [0.4, 0.5) is 0 Å². The molecule has 0 saturated heterocycles. The van der Waals surface area contributed by atoms with Gasteiger partial charge in [0.2, 0.25) is 0 Å². The SMILES string of the molecule is Cc1ccc2cc(C3CCCCC3)ccc2c1. The van der Waals surface area contributed by atoms with Crippen LogP contribution in [0.5, 0.6) is 0 Å². The highest BCUT2D eigenvalue weighted by Gasteiger charge is 2.15. The lowest BCUT2D eigenvalue weighted by atomic mass is 9.83. The van der Waals surface area contributed by atoms with E-state index in [1.165, 1.54) is 48.4 Å². The van der Waals surface area contributed by atoms with Crippen molar-refractivity contribution in [3.8, 4) is 0 Å². The van der Waals surface area contributed by atoms with Crippen molar-refractivity contribution >= 4 is 10.8 Å². The smallest absolute Gasteiger partial charge is 0.0162 e. The van der Waals surface area contributed by atoms with Crippen molar-refractivity contribution in [1.29, 1.82) is 0 Å². The van der Waals surface area contributed by atoms with Crippen LogP contribution >= 0.6 is 0 Å². The second kappa shape index (κ2) is 4.52. The Balaban J connectivity index is 1.98. The van der Waals surface area contributed by atoms with Gasteiger partial charge in [-0.2, -0.15) is 0 Å². The zero-order chi connectivity index (χ0) is 11.7. The molecule has 17 heavy (non-hydrogen) atoms. The molecule has 1 fully saturated rings. The van der Waals surface area contributed by atoms with Crippen molar-refractivity contribution in [2.75, 3.05) is 0 Å². The van der Waals surface area contributed by atoms with E-state index in [-0.39, 0.29) is 0 Å². The third-order valence-electron chi connectivity index (χ3n) is 4.10. The van der Waals surface area contributed by atoms with Gasteiger partial charge in [0.25, 0.3) is 0 Å². The Kier molecular flexibility index (Phi) is 2.88. The Hall–Kier alpha value is -1.30. The van der Waals surface area contributed by atoms with E-state index in [4.69, 9.17) is 0 Å². The van der Waals surface area contributed by atoms with Crippen molar-refractivity contribution in [3.63, 3.8) is 0 Å². The number of benzene rings is 2. The van der Waals surface area contributed by atoms with Gasteiger partial charge in [-0.25, -0.2) is 0 Å². The Morgan fingerprint density at radius 3 is 2.35 bits per heavy atom. The Labute approximate surface area is 104 Å². The highest BCUT2D eigenvalue weighted by molar-refractivity contribution is 5.83. The third-order valence-corrected chi connectivity index (χ3v) is 4.10. The molecule has 0 bridgehead atoms. The number of aryl methyl sites for hydroxylation is 1. The van der Waals surface area contributed by atoms with Crippen LogP contribution in [-0.2, 0) is 0 Å². The highest BCUT2D eigenvalue weighted by atomic mass is 14.2. The Bertz CT molecular complexity index is 519. The van der Waals surface area contributed by atoms with Crippen LogP contribution in [-0.4, -0.2) is 0 Å². The molecule has 0 nitrogen and oxygen atoms in total. The monoisotopic (exact) mass is 224 g/mol. The van der Waals surface area contributed by atoms with Crippen molar-refractivity contribution in [3.05, 3.63) is 47.5 Å². The van der Waals surface area contributed by atoms with Gasteiger partial charge < -0.3 is 0 Å². The molecule has 0 radical (unpaired) electrons. The van der Waals surface area contributed by atoms with Crippen LogP contribution in [0.25, 0.3) is 10.8 Å². The first-order valence-corrected chi connectivity index (χ1v) is 6.83. The maximum absolute atomic E-state index is 2.41. The van der Waals surface area contributed by atoms with Crippen LogP contribution in [0.15, 0.2) is 36.4 Å². The average molecular weight is 224 g/mol. The van der Waals surface area contributed by atoms with Crippen LogP contribution in [0.2, 0.25) is 0 Å². The van der Waals surface area contributed by atoms with Gasteiger partial charge in [-0.15, -0.1) is 0 Å². The first-order valence-electron chi connectivity index (χ1n) is 6.83. The molecule has 1 aliphatic rings. The number of fused-ring (bicyclic) bond motifs is 1. The van der Waals surface area contributed by atoms with Gasteiger partial charge in [-0.1, -0.05) is 61.2 Å². The summed E-state index contributed by atoms with van der Waals surface area (Å²) < 4.78 is 0. The molecule has 0 aromatic heterocycles. The predicted molar refractivity (Wildman–Crippen MR) is 74.5 cm³/mol. The summed E-state index contributed by atoms with van der Waals surface area (Å²) in [6, 6.07) is 13.8. The maximum atomic E-state index is 2.41. The van der Waals surface area contributed by atoms with Gasteiger partial charge in [0.15, 0.2) is 0 Å². The summed E-state index contributed by atoms with van der Waals surface area (Å²) in [6.45, 7) is 2.16. The van der Waals surface area contributed by atoms with E-state index in [1.807, 2.05) is 0 Å². The molecule has 2 aromatic rings. The van der Waals surface area contributed by atoms with Gasteiger partial charge in [0.1, 0.15) is 0 Å². The van der Waals surface area contributed by atoms with E-state index < -0.39 is 0 Å². The molecule has 0 amide bonds. The van der Waals surface area contributed by atoms with Crippen LogP contribution in [0.1, 0.15) is 49.1 Å². The van der Waals surface area contributed by atoms with E-state index in [9.17, 15) is 0 Å². The van der Waals surface area contributed by atoms with Gasteiger partial charge in [-0.3, -0.25) is 0 Å². The van der Waals surface area contributed by atoms with Crippen molar-refractivity contribution in [2.45, 2.75) is 44.9 Å². The second-order valence-corrected chi connectivity index (χ2v) is 5.44. The topological polar surface area (TPSA) is 0 Å². The van der Waals surface area contributed by atoms with Gasteiger partial charge in [0.05, 0.1) is 0 Å². The Morgan fingerprint density at radius 2 is 1.53 bits per heavy atom. The lowest BCUT2D eigenvalue weighted by Gasteiger charge is -2.22. The van der Waals surface area contributed by atoms with Crippen molar-refractivity contribution < 1.29 is 0 Å². The van der Waals surface area contributed by atoms with Crippen molar-refractivity contribution in [2.24, 2.45) is 0 Å². The van der Waals surface area contributed by atoms with Gasteiger partial charge in [-0.05, 0) is 42.0 Å². The molecule has 0 heteroatoms. The molecular formula is C17H20. The summed E-state index contributed by atoms with van der Waals surface area (Å²) in [4.78, 5) is 0. The first-order chi connectivity index (χ1) is 8.33. The number of rotatable bonds is 1. The molecule has 0 N–H and O–H groups in total. The quantitative estimate of drug-likeness (QED) is 0.625. The second-order valence-electron chi connectivity index (χ2n) is 5.44. The lowest BCUT2D eigenvalue weighted by molar-refractivity contribution is 0.444. The fourth-order valence-electron chi connectivity index (χ4n) is 3.07. The fourth-order valence-corrected chi connectivity index (χ4v) is 3.07. The molecule has 88 valence electrons. The molecule has 0 unspecified atom stereocenters. The summed E-state index contributed by atoms with van der Waals surface area (Å²) >= 11 is 0. The molecule has 1 saturated carbocycles. The zero-order valence-corrected chi connectivity index (χ0v) is 10.6. The van der Waals surface area contributed by atoms with E-state index in [2.05, 4.69) is 43.3 Å².